The van der Waals surface area contributed by atoms with Gasteiger partial charge in [-0.05, 0) is 64.1 Å². The molecular formula is C32H49AcNO9. The second-order valence-corrected chi connectivity index (χ2v) is 14.9. The first-order valence-corrected chi connectivity index (χ1v) is 15.3. The molecule has 11 atom stereocenters. The topological polar surface area (TPSA) is 132 Å². The van der Waals surface area contributed by atoms with E-state index in [9.17, 15) is 24.6 Å². The van der Waals surface area contributed by atoms with Gasteiger partial charge in [0.15, 0.2) is 18.0 Å². The van der Waals surface area contributed by atoms with Crippen molar-refractivity contribution in [2.24, 2.45) is 28.6 Å². The molecule has 0 amide bonds. The first kappa shape index (κ1) is 35.4. The van der Waals surface area contributed by atoms with Crippen LogP contribution in [0.2, 0.25) is 0 Å². The number of ketones is 1. The number of hydrogen-bond donors (Lipinski definition) is 2. The van der Waals surface area contributed by atoms with Crippen molar-refractivity contribution in [2.45, 2.75) is 129 Å². The van der Waals surface area contributed by atoms with Crippen LogP contribution in [0.15, 0.2) is 11.1 Å². The molecular weight excluding hydrogens is 769 g/mol. The molecule has 11 heteroatoms. The fraction of sp³-hybridized carbons (Fsp3) is 0.844. The predicted molar refractivity (Wildman–Crippen MR) is 152 cm³/mol. The van der Waals surface area contributed by atoms with Gasteiger partial charge in [-0.2, -0.15) is 0 Å². The van der Waals surface area contributed by atoms with Crippen molar-refractivity contribution in [2.75, 3.05) is 13.7 Å². The molecule has 2 bridgehead atoms. The molecule has 0 aromatic rings. The van der Waals surface area contributed by atoms with Crippen LogP contribution in [0.4, 0.5) is 0 Å². The average molecular weight is 819 g/mol. The molecule has 8 unspecified atom stereocenters. The summed E-state index contributed by atoms with van der Waals surface area (Å²) in [5, 5.41) is 25.0. The van der Waals surface area contributed by atoms with Crippen LogP contribution in [0.25, 0.3) is 0 Å². The second-order valence-electron chi connectivity index (χ2n) is 14.9. The number of Topliss-reactive ketones (excluding diaryl/α,β-unsaturated/α-hetero) is 1. The summed E-state index contributed by atoms with van der Waals surface area (Å²) in [6.45, 7) is 18.1. The number of carbonyl (C=O) groups excluding carboxylic acids is 3. The Hall–Kier alpha value is -0.408. The summed E-state index contributed by atoms with van der Waals surface area (Å²) in [6, 6.07) is -0.252. The summed E-state index contributed by atoms with van der Waals surface area (Å²) in [4.78, 5) is 43.0. The Balaban J connectivity index is 0.00000423. The molecule has 4 fully saturated rings. The van der Waals surface area contributed by atoms with Crippen molar-refractivity contribution in [1.82, 2.24) is 4.90 Å². The third kappa shape index (κ3) is 4.80. The number of fused-ring (bicyclic) bond motifs is 5. The number of carbonyl (C=O) groups is 3. The molecule has 2 saturated heterocycles. The summed E-state index contributed by atoms with van der Waals surface area (Å²) in [6.07, 6.45) is -3.02. The summed E-state index contributed by atoms with van der Waals surface area (Å²) in [5.74, 6) is -3.04. The predicted octanol–water partition coefficient (Wildman–Crippen LogP) is 2.77. The smallest absolute Gasteiger partial charge is 0.337 e. The number of esters is 2. The number of rotatable bonds is 3. The zero-order valence-corrected chi connectivity index (χ0v) is 32.3. The van der Waals surface area contributed by atoms with E-state index < -0.39 is 75.9 Å². The molecule has 2 N–H and O–H groups in total. The van der Waals surface area contributed by atoms with E-state index in [-0.39, 0.29) is 74.8 Å². The first-order chi connectivity index (χ1) is 19.2. The number of hydrogen-bond acceptors (Lipinski definition) is 10. The average Bonchev–Trinajstić information content (AvgIpc) is 3.09. The van der Waals surface area contributed by atoms with E-state index in [1.165, 1.54) is 6.92 Å². The first-order valence-electron chi connectivity index (χ1n) is 15.3. The second kappa shape index (κ2) is 11.1. The molecule has 10 nitrogen and oxygen atoms in total. The molecule has 1 radical (unpaired) electrons. The van der Waals surface area contributed by atoms with E-state index >= 15 is 0 Å². The molecule has 0 aromatic heterocycles. The van der Waals surface area contributed by atoms with Crippen LogP contribution < -0.4 is 0 Å². The summed E-state index contributed by atoms with van der Waals surface area (Å²) >= 11 is 0. The Bertz CT molecular complexity index is 1230. The molecule has 2 aliphatic heterocycles. The number of aliphatic hydroxyl groups is 2. The normalized spacial score (nSPS) is 46.8. The van der Waals surface area contributed by atoms with E-state index in [0.29, 0.717) is 17.6 Å². The maximum Gasteiger partial charge on any atom is 0.337 e. The maximum atomic E-state index is 14.8. The standard InChI is InChI=1S/C32H49NO9.Ac/c1-15-12-21-31(37,14-39-21)25-17(3)32(38)13-20(41-27(36)23-18(4)33(11)29(8,9)42-23)16(2)22(28(32,6)7)24(40-19(5)34)26(35)30(15,25)10;/h15,17-18,20-21,23-25,37-38H,12-14H2,1-11H3;/t15-,17-,18?,20?,21?,23?,24?,25?,30+,31?,32?;/m0./s1. The van der Waals surface area contributed by atoms with Gasteiger partial charge in [-0.3, -0.25) is 14.5 Å². The zero-order valence-electron chi connectivity index (χ0n) is 27.5. The molecule has 0 aromatic carbocycles. The van der Waals surface area contributed by atoms with Gasteiger partial charge in [0, 0.05) is 80.2 Å². The molecule has 3 aliphatic carbocycles. The fourth-order valence-electron chi connectivity index (χ4n) is 9.29. The van der Waals surface area contributed by atoms with Gasteiger partial charge in [-0.25, -0.2) is 4.79 Å². The SMILES string of the molecule is CC(=O)OC1C(=O)[C@@]2(C)C([C@H](C)C3(O)CC(OC(=O)C4OC(C)(C)N(C)C4C)C(C)=C1C3(C)C)C1(O)COC1C[C@@H]2C.[Ac]. The molecule has 5 rings (SSSR count). The third-order valence-electron chi connectivity index (χ3n) is 12.4. The van der Waals surface area contributed by atoms with E-state index in [2.05, 4.69) is 0 Å². The van der Waals surface area contributed by atoms with Crippen molar-refractivity contribution < 1.29 is 87.6 Å². The van der Waals surface area contributed by atoms with Crippen molar-refractivity contribution in [3.05, 3.63) is 11.1 Å². The van der Waals surface area contributed by atoms with Gasteiger partial charge >= 0.3 is 11.9 Å². The maximum absolute atomic E-state index is 14.8. The van der Waals surface area contributed by atoms with Crippen LogP contribution in [0, 0.1) is 72.6 Å². The van der Waals surface area contributed by atoms with Gasteiger partial charge in [0.25, 0.3) is 0 Å². The minimum atomic E-state index is -1.55. The summed E-state index contributed by atoms with van der Waals surface area (Å²) < 4.78 is 23.9. The Labute approximate surface area is 291 Å². The molecule has 2 heterocycles. The van der Waals surface area contributed by atoms with Crippen molar-refractivity contribution >= 4 is 17.7 Å². The van der Waals surface area contributed by atoms with Gasteiger partial charge in [-0.15, -0.1) is 0 Å². The number of ether oxygens (including phenoxy) is 4. The molecule has 43 heavy (non-hydrogen) atoms. The quantitative estimate of drug-likeness (QED) is 0.324. The van der Waals surface area contributed by atoms with Gasteiger partial charge in [0.05, 0.1) is 18.3 Å². The molecule has 239 valence electrons. The molecule has 0 spiro atoms. The number of likely N-dealkylation sites (N-methyl/N-ethyl adjacent to an activating group) is 1. The van der Waals surface area contributed by atoms with Crippen molar-refractivity contribution in [3.63, 3.8) is 0 Å². The van der Waals surface area contributed by atoms with Crippen molar-refractivity contribution in [3.8, 4) is 0 Å². The van der Waals surface area contributed by atoms with E-state index in [4.69, 9.17) is 18.9 Å². The van der Waals surface area contributed by atoms with Gasteiger partial charge in [-0.1, -0.05) is 34.6 Å². The minimum absolute atomic E-state index is 0. The van der Waals surface area contributed by atoms with Crippen LogP contribution in [0.3, 0.4) is 0 Å². The van der Waals surface area contributed by atoms with Crippen LogP contribution in [0.5, 0.6) is 0 Å². The Morgan fingerprint density at radius 1 is 1.05 bits per heavy atom. The van der Waals surface area contributed by atoms with Crippen LogP contribution in [-0.4, -0.2) is 93.9 Å². The van der Waals surface area contributed by atoms with Crippen molar-refractivity contribution in [1.29, 1.82) is 0 Å². The van der Waals surface area contributed by atoms with E-state index in [1.807, 2.05) is 67.3 Å². The zero-order chi connectivity index (χ0) is 31.5. The monoisotopic (exact) mass is 818 g/mol. The van der Waals surface area contributed by atoms with Crippen LogP contribution in [-0.2, 0) is 33.3 Å². The van der Waals surface area contributed by atoms with E-state index in [1.54, 1.807) is 6.92 Å². The van der Waals surface area contributed by atoms with Gasteiger partial charge in [0.2, 0.25) is 0 Å². The summed E-state index contributed by atoms with van der Waals surface area (Å²) in [5.41, 5.74) is -4.74. The molecule has 5 aliphatic rings. The number of nitrogens with zero attached hydrogens (tertiary/aromatic N) is 1. The van der Waals surface area contributed by atoms with Gasteiger partial charge in [0.1, 0.15) is 17.4 Å². The molecule has 2 saturated carbocycles. The van der Waals surface area contributed by atoms with Gasteiger partial charge < -0.3 is 29.2 Å². The minimum Gasteiger partial charge on any atom is -0.456 e. The summed E-state index contributed by atoms with van der Waals surface area (Å²) in [7, 11) is 1.89. The largest absolute Gasteiger partial charge is 0.456 e. The third-order valence-corrected chi connectivity index (χ3v) is 12.4. The Morgan fingerprint density at radius 2 is 1.65 bits per heavy atom. The Morgan fingerprint density at radius 3 is 2.14 bits per heavy atom. The van der Waals surface area contributed by atoms with E-state index in [0.717, 1.165) is 0 Å². The van der Waals surface area contributed by atoms with Crippen LogP contribution in [0.1, 0.15) is 82.1 Å². The van der Waals surface area contributed by atoms with Crippen LogP contribution >= 0.6 is 0 Å². The Kier molecular flexibility index (Phi) is 9.15. The fourth-order valence-corrected chi connectivity index (χ4v) is 9.29.